The maximum atomic E-state index is 15.5. The van der Waals surface area contributed by atoms with Gasteiger partial charge in [0.05, 0.1) is 34.6 Å². The highest BCUT2D eigenvalue weighted by Crippen LogP contribution is 2.30. The standard InChI is InChI=1S/C31H36F2N8O2/c1-17(2)37-31(43)22-7-8-23(32)28(29(22)33)25-9-6-21-14-36-27(41(21)38-25)12-20-13-35-11-10-26(20)40-15-18(3)30(24(34)16-40)39(5)19(4)42/h6-11,13-14,17-18,24,30H,12,15-16,34H2,1-5H3,(H,37,43)/t18-,24+,30-/m0/s1. The molecule has 3 atom stereocenters. The number of aromatic nitrogens is 4. The molecule has 12 heteroatoms. The normalized spacial score (nSPS) is 18.7. The average Bonchev–Trinajstić information content (AvgIpc) is 3.34. The first-order chi connectivity index (χ1) is 20.5. The topological polar surface area (TPSA) is 122 Å². The quantitative estimate of drug-likeness (QED) is 0.338. The summed E-state index contributed by atoms with van der Waals surface area (Å²) in [6, 6.07) is 6.77. The third-order valence-electron chi connectivity index (χ3n) is 7.94. The van der Waals surface area contributed by atoms with Crippen molar-refractivity contribution in [2.75, 3.05) is 25.0 Å². The zero-order chi connectivity index (χ0) is 31.0. The number of rotatable bonds is 7. The summed E-state index contributed by atoms with van der Waals surface area (Å²) in [5.41, 5.74) is 8.43. The van der Waals surface area contributed by atoms with Crippen LogP contribution in [0.5, 0.6) is 0 Å². The number of pyridine rings is 1. The third kappa shape index (κ3) is 5.92. The lowest BCUT2D eigenvalue weighted by molar-refractivity contribution is -0.131. The molecular formula is C31H36F2N8O2. The number of nitrogens with zero attached hydrogens (tertiary/aromatic N) is 6. The van der Waals surface area contributed by atoms with E-state index in [1.54, 1.807) is 61.9 Å². The largest absolute Gasteiger partial charge is 0.369 e. The predicted molar refractivity (Wildman–Crippen MR) is 160 cm³/mol. The van der Waals surface area contributed by atoms with Crippen LogP contribution < -0.4 is 16.0 Å². The minimum Gasteiger partial charge on any atom is -0.369 e. The molecule has 0 saturated carbocycles. The van der Waals surface area contributed by atoms with Crippen molar-refractivity contribution >= 4 is 23.0 Å². The number of halogens is 2. The zero-order valence-corrected chi connectivity index (χ0v) is 24.9. The number of carbonyl (C=O) groups excluding carboxylic acids is 2. The van der Waals surface area contributed by atoms with Gasteiger partial charge in [-0.05, 0) is 50.1 Å². The molecular weight excluding hydrogens is 554 g/mol. The van der Waals surface area contributed by atoms with Crippen LogP contribution in [0.3, 0.4) is 0 Å². The Morgan fingerprint density at radius 2 is 1.91 bits per heavy atom. The smallest absolute Gasteiger partial charge is 0.254 e. The number of piperidine rings is 1. The first-order valence-electron chi connectivity index (χ1n) is 14.3. The van der Waals surface area contributed by atoms with E-state index in [9.17, 15) is 14.0 Å². The van der Waals surface area contributed by atoms with Crippen LogP contribution in [0.4, 0.5) is 14.5 Å². The maximum Gasteiger partial charge on any atom is 0.254 e. The fraction of sp³-hybridized carbons (Fsp3) is 0.387. The van der Waals surface area contributed by atoms with E-state index in [-0.39, 0.29) is 46.8 Å². The van der Waals surface area contributed by atoms with E-state index < -0.39 is 17.5 Å². The van der Waals surface area contributed by atoms with Crippen molar-refractivity contribution in [3.05, 3.63) is 77.5 Å². The third-order valence-corrected chi connectivity index (χ3v) is 7.94. The molecule has 1 saturated heterocycles. The van der Waals surface area contributed by atoms with Gasteiger partial charge in [-0.15, -0.1) is 0 Å². The maximum absolute atomic E-state index is 15.5. The fourth-order valence-electron chi connectivity index (χ4n) is 5.92. The van der Waals surface area contributed by atoms with Gasteiger partial charge in [-0.25, -0.2) is 18.3 Å². The zero-order valence-electron chi connectivity index (χ0n) is 24.9. The molecule has 0 radical (unpaired) electrons. The SMILES string of the molecule is CC(=O)N(C)[C@@H]1[C@H](N)CN(c2ccncc2Cc2ncc3ccc(-c4c(F)ccc(C(=O)NC(C)C)c4F)nn23)C[C@@H]1C. The minimum atomic E-state index is -0.981. The number of amides is 2. The Hall–Kier alpha value is -4.45. The number of anilines is 1. The van der Waals surface area contributed by atoms with Crippen LogP contribution in [0.25, 0.3) is 16.8 Å². The van der Waals surface area contributed by atoms with Crippen molar-refractivity contribution in [2.24, 2.45) is 11.7 Å². The van der Waals surface area contributed by atoms with Gasteiger partial charge in [0.15, 0.2) is 0 Å². The van der Waals surface area contributed by atoms with E-state index in [2.05, 4.69) is 32.2 Å². The summed E-state index contributed by atoms with van der Waals surface area (Å²) in [5, 5.41) is 7.19. The van der Waals surface area contributed by atoms with E-state index in [0.717, 1.165) is 23.4 Å². The average molecular weight is 591 g/mol. The highest BCUT2D eigenvalue weighted by atomic mass is 19.1. The Morgan fingerprint density at radius 3 is 2.60 bits per heavy atom. The molecule has 43 heavy (non-hydrogen) atoms. The van der Waals surface area contributed by atoms with Gasteiger partial charge in [0.25, 0.3) is 5.91 Å². The number of benzene rings is 1. The van der Waals surface area contributed by atoms with Gasteiger partial charge < -0.3 is 20.9 Å². The van der Waals surface area contributed by atoms with E-state index in [4.69, 9.17) is 5.73 Å². The second-order valence-electron chi connectivity index (χ2n) is 11.5. The van der Waals surface area contributed by atoms with E-state index >= 15 is 4.39 Å². The molecule has 1 fully saturated rings. The first kappa shape index (κ1) is 30.0. The van der Waals surface area contributed by atoms with Gasteiger partial charge in [0.1, 0.15) is 17.5 Å². The first-order valence-corrected chi connectivity index (χ1v) is 14.3. The Morgan fingerprint density at radius 1 is 1.14 bits per heavy atom. The molecule has 2 amide bonds. The summed E-state index contributed by atoms with van der Waals surface area (Å²) in [6.45, 7) is 8.39. The van der Waals surface area contributed by atoms with Gasteiger partial charge in [-0.2, -0.15) is 5.10 Å². The van der Waals surface area contributed by atoms with Crippen molar-refractivity contribution in [2.45, 2.75) is 52.2 Å². The summed E-state index contributed by atoms with van der Waals surface area (Å²) in [7, 11) is 1.79. The van der Waals surface area contributed by atoms with Crippen LogP contribution in [-0.2, 0) is 11.2 Å². The molecule has 4 aromatic rings. The van der Waals surface area contributed by atoms with Crippen LogP contribution in [0.2, 0.25) is 0 Å². The molecule has 10 nitrogen and oxygen atoms in total. The summed E-state index contributed by atoms with van der Waals surface area (Å²) in [4.78, 5) is 37.4. The van der Waals surface area contributed by atoms with Crippen LogP contribution >= 0.6 is 0 Å². The number of nitrogens with two attached hydrogens (primary N) is 1. The second-order valence-corrected chi connectivity index (χ2v) is 11.5. The van der Waals surface area contributed by atoms with Crippen molar-refractivity contribution < 1.29 is 18.4 Å². The molecule has 0 unspecified atom stereocenters. The van der Waals surface area contributed by atoms with Crippen molar-refractivity contribution in [1.82, 2.24) is 29.8 Å². The molecule has 3 aromatic heterocycles. The van der Waals surface area contributed by atoms with E-state index in [0.29, 0.717) is 30.9 Å². The molecule has 1 aliphatic heterocycles. The van der Waals surface area contributed by atoms with Gasteiger partial charge in [-0.1, -0.05) is 6.92 Å². The van der Waals surface area contributed by atoms with Gasteiger partial charge in [0.2, 0.25) is 5.91 Å². The summed E-state index contributed by atoms with van der Waals surface area (Å²) in [5.74, 6) is -1.79. The lowest BCUT2D eigenvalue weighted by atomic mass is 9.88. The lowest BCUT2D eigenvalue weighted by Gasteiger charge is -2.46. The van der Waals surface area contributed by atoms with Crippen molar-refractivity contribution in [3.8, 4) is 11.3 Å². The van der Waals surface area contributed by atoms with E-state index in [1.807, 2.05) is 6.07 Å². The van der Waals surface area contributed by atoms with Crippen LogP contribution in [-0.4, -0.2) is 74.6 Å². The number of hydrogen-bond donors (Lipinski definition) is 2. The van der Waals surface area contributed by atoms with Crippen molar-refractivity contribution in [1.29, 1.82) is 0 Å². The summed E-state index contributed by atoms with van der Waals surface area (Å²) in [6.07, 6.45) is 5.46. The van der Waals surface area contributed by atoms with E-state index in [1.165, 1.54) is 6.07 Å². The molecule has 0 aliphatic carbocycles. The van der Waals surface area contributed by atoms with Crippen LogP contribution in [0.15, 0.2) is 48.9 Å². The van der Waals surface area contributed by atoms with Gasteiger partial charge in [0, 0.05) is 69.2 Å². The molecule has 5 rings (SSSR count). The predicted octanol–water partition coefficient (Wildman–Crippen LogP) is 3.43. The summed E-state index contributed by atoms with van der Waals surface area (Å²) < 4.78 is 32.1. The Labute approximate surface area is 248 Å². The van der Waals surface area contributed by atoms with Crippen LogP contribution in [0, 0.1) is 17.6 Å². The Bertz CT molecular complexity index is 1660. The lowest BCUT2D eigenvalue weighted by Crippen LogP contribution is -2.62. The van der Waals surface area contributed by atoms with Gasteiger partial charge in [-0.3, -0.25) is 14.6 Å². The van der Waals surface area contributed by atoms with Crippen molar-refractivity contribution in [3.63, 3.8) is 0 Å². The summed E-state index contributed by atoms with van der Waals surface area (Å²) >= 11 is 0. The number of likely N-dealkylation sites (N-methyl/N-ethyl adjacent to an activating group) is 1. The number of carbonyl (C=O) groups is 2. The highest BCUT2D eigenvalue weighted by molar-refractivity contribution is 5.96. The number of nitrogens with one attached hydrogen (secondary N) is 1. The minimum absolute atomic E-state index is 0.0197. The van der Waals surface area contributed by atoms with Gasteiger partial charge >= 0.3 is 0 Å². The monoisotopic (exact) mass is 590 g/mol. The molecule has 0 bridgehead atoms. The number of fused-ring (bicyclic) bond motifs is 1. The second kappa shape index (κ2) is 12.0. The number of hydrogen-bond acceptors (Lipinski definition) is 7. The fourth-order valence-corrected chi connectivity index (χ4v) is 5.92. The molecule has 0 spiro atoms. The molecule has 3 N–H and O–H groups in total. The molecule has 1 aromatic carbocycles. The Balaban J connectivity index is 1.47. The molecule has 4 heterocycles. The number of imidazole rings is 1. The molecule has 226 valence electrons. The molecule has 1 aliphatic rings. The highest BCUT2D eigenvalue weighted by Gasteiger charge is 2.36. The Kier molecular flexibility index (Phi) is 8.41. The van der Waals surface area contributed by atoms with Crippen LogP contribution in [0.1, 0.15) is 49.4 Å².